The predicted octanol–water partition coefficient (Wildman–Crippen LogP) is 2.59. The first-order chi connectivity index (χ1) is 8.02. The van der Waals surface area contributed by atoms with Crippen molar-refractivity contribution >= 4 is 5.91 Å². The van der Waals surface area contributed by atoms with Gasteiger partial charge in [0.1, 0.15) is 0 Å². The van der Waals surface area contributed by atoms with E-state index in [-0.39, 0.29) is 16.9 Å². The van der Waals surface area contributed by atoms with Gasteiger partial charge in [-0.1, -0.05) is 33.1 Å². The van der Waals surface area contributed by atoms with Gasteiger partial charge in [0.05, 0.1) is 5.41 Å². The molecule has 1 aliphatic rings. The van der Waals surface area contributed by atoms with Gasteiger partial charge in [-0.25, -0.2) is 0 Å². The van der Waals surface area contributed by atoms with E-state index in [0.29, 0.717) is 6.54 Å². The fourth-order valence-corrected chi connectivity index (χ4v) is 2.59. The van der Waals surface area contributed by atoms with E-state index >= 15 is 0 Å². The van der Waals surface area contributed by atoms with Crippen molar-refractivity contribution in [1.82, 2.24) is 5.32 Å². The van der Waals surface area contributed by atoms with E-state index in [4.69, 9.17) is 5.73 Å². The number of hydrogen-bond acceptors (Lipinski definition) is 2. The average Bonchev–Trinajstić information content (AvgIpc) is 2.39. The van der Waals surface area contributed by atoms with Gasteiger partial charge in [0.25, 0.3) is 0 Å². The smallest absolute Gasteiger partial charge is 0.227 e. The van der Waals surface area contributed by atoms with Gasteiger partial charge < -0.3 is 11.1 Å². The van der Waals surface area contributed by atoms with Gasteiger partial charge in [0.2, 0.25) is 5.91 Å². The lowest BCUT2D eigenvalue weighted by molar-refractivity contribution is -0.134. The summed E-state index contributed by atoms with van der Waals surface area (Å²) in [5, 5.41) is 3.24. The topological polar surface area (TPSA) is 55.1 Å². The van der Waals surface area contributed by atoms with Crippen molar-refractivity contribution in [3.05, 3.63) is 0 Å². The summed E-state index contributed by atoms with van der Waals surface area (Å²) >= 11 is 0. The molecule has 0 saturated heterocycles. The summed E-state index contributed by atoms with van der Waals surface area (Å²) in [5.41, 5.74) is 5.52. The van der Waals surface area contributed by atoms with Gasteiger partial charge in [0.15, 0.2) is 0 Å². The van der Waals surface area contributed by atoms with Crippen LogP contribution in [0.3, 0.4) is 0 Å². The normalized spacial score (nSPS) is 20.0. The summed E-state index contributed by atoms with van der Waals surface area (Å²) in [6, 6.07) is 0. The van der Waals surface area contributed by atoms with E-state index in [1.54, 1.807) is 0 Å². The highest BCUT2D eigenvalue weighted by Gasteiger charge is 2.40. The summed E-state index contributed by atoms with van der Waals surface area (Å²) in [6.45, 7) is 6.86. The highest BCUT2D eigenvalue weighted by Crippen LogP contribution is 2.36. The Kier molecular flexibility index (Phi) is 4.99. The highest BCUT2D eigenvalue weighted by molar-refractivity contribution is 5.83. The number of nitrogens with two attached hydrogens (primary N) is 1. The molecule has 0 unspecified atom stereocenters. The van der Waals surface area contributed by atoms with Crippen LogP contribution in [0.1, 0.15) is 65.7 Å². The lowest BCUT2D eigenvalue weighted by Gasteiger charge is -2.39. The summed E-state index contributed by atoms with van der Waals surface area (Å²) < 4.78 is 0. The van der Waals surface area contributed by atoms with Gasteiger partial charge in [0, 0.05) is 12.1 Å². The standard InChI is InChI=1S/C14H28N2O/c1-4-13(3,5-2)16-12(17)14(11-15)9-7-6-8-10-14/h4-11,15H2,1-3H3,(H,16,17). The summed E-state index contributed by atoms with van der Waals surface area (Å²) in [5.74, 6) is 0.186. The zero-order valence-corrected chi connectivity index (χ0v) is 11.6. The molecule has 0 heterocycles. The van der Waals surface area contributed by atoms with Gasteiger partial charge in [-0.15, -0.1) is 0 Å². The van der Waals surface area contributed by atoms with Crippen LogP contribution in [0.15, 0.2) is 0 Å². The monoisotopic (exact) mass is 240 g/mol. The second kappa shape index (κ2) is 5.85. The molecule has 0 aromatic heterocycles. The highest BCUT2D eigenvalue weighted by atomic mass is 16.2. The van der Waals surface area contributed by atoms with Crippen molar-refractivity contribution < 1.29 is 4.79 Å². The van der Waals surface area contributed by atoms with Gasteiger partial charge >= 0.3 is 0 Å². The molecule has 1 saturated carbocycles. The van der Waals surface area contributed by atoms with Crippen LogP contribution in [0, 0.1) is 5.41 Å². The third-order valence-corrected chi connectivity index (χ3v) is 4.66. The predicted molar refractivity (Wildman–Crippen MR) is 71.7 cm³/mol. The lowest BCUT2D eigenvalue weighted by Crippen LogP contribution is -2.54. The Morgan fingerprint density at radius 2 is 1.76 bits per heavy atom. The van der Waals surface area contributed by atoms with E-state index in [0.717, 1.165) is 38.5 Å². The van der Waals surface area contributed by atoms with Crippen LogP contribution in [-0.2, 0) is 4.79 Å². The Morgan fingerprint density at radius 1 is 1.24 bits per heavy atom. The maximum atomic E-state index is 12.5. The minimum Gasteiger partial charge on any atom is -0.350 e. The Morgan fingerprint density at radius 3 is 2.18 bits per heavy atom. The molecule has 0 radical (unpaired) electrons. The molecular weight excluding hydrogens is 212 g/mol. The van der Waals surface area contributed by atoms with Crippen molar-refractivity contribution in [2.24, 2.45) is 11.1 Å². The lowest BCUT2D eigenvalue weighted by atomic mass is 9.73. The van der Waals surface area contributed by atoms with Crippen LogP contribution in [0.4, 0.5) is 0 Å². The second-order valence-electron chi connectivity index (χ2n) is 5.77. The zero-order valence-electron chi connectivity index (χ0n) is 11.6. The molecule has 0 bridgehead atoms. The Balaban J connectivity index is 2.72. The molecule has 0 spiro atoms. The maximum absolute atomic E-state index is 12.5. The Bertz CT molecular complexity index is 253. The van der Waals surface area contributed by atoms with Crippen molar-refractivity contribution in [2.75, 3.05) is 6.54 Å². The Hall–Kier alpha value is -0.570. The number of amides is 1. The third-order valence-electron chi connectivity index (χ3n) is 4.66. The molecule has 1 amide bonds. The van der Waals surface area contributed by atoms with Crippen LogP contribution in [-0.4, -0.2) is 18.0 Å². The van der Waals surface area contributed by atoms with Crippen molar-refractivity contribution in [3.8, 4) is 0 Å². The Labute approximate surface area is 106 Å². The molecule has 0 aliphatic heterocycles. The van der Waals surface area contributed by atoms with Crippen molar-refractivity contribution in [3.63, 3.8) is 0 Å². The summed E-state index contributed by atoms with van der Waals surface area (Å²) in [6.07, 6.45) is 7.37. The second-order valence-corrected chi connectivity index (χ2v) is 5.77. The van der Waals surface area contributed by atoms with Crippen LogP contribution in [0.2, 0.25) is 0 Å². The number of hydrogen-bond donors (Lipinski definition) is 2. The van der Waals surface area contributed by atoms with Gasteiger partial charge in [-0.3, -0.25) is 4.79 Å². The fraction of sp³-hybridized carbons (Fsp3) is 0.929. The molecule has 3 N–H and O–H groups in total. The van der Waals surface area contributed by atoms with E-state index < -0.39 is 0 Å². The molecule has 1 rings (SSSR count). The van der Waals surface area contributed by atoms with Crippen molar-refractivity contribution in [2.45, 2.75) is 71.3 Å². The minimum absolute atomic E-state index is 0.0727. The number of carbonyl (C=O) groups excluding carboxylic acids is 1. The van der Waals surface area contributed by atoms with E-state index in [1.165, 1.54) is 6.42 Å². The fourth-order valence-electron chi connectivity index (χ4n) is 2.59. The van der Waals surface area contributed by atoms with E-state index in [2.05, 4.69) is 26.1 Å². The quantitative estimate of drug-likeness (QED) is 0.776. The van der Waals surface area contributed by atoms with Crippen LogP contribution in [0.5, 0.6) is 0 Å². The molecular formula is C14H28N2O. The molecule has 100 valence electrons. The molecule has 0 aromatic carbocycles. The summed E-state index contributed by atoms with van der Waals surface area (Å²) in [4.78, 5) is 12.5. The first-order valence-corrected chi connectivity index (χ1v) is 7.04. The molecule has 0 atom stereocenters. The molecule has 3 nitrogen and oxygen atoms in total. The third kappa shape index (κ3) is 3.21. The molecule has 1 aliphatic carbocycles. The minimum atomic E-state index is -0.288. The molecule has 1 fully saturated rings. The first-order valence-electron chi connectivity index (χ1n) is 7.04. The molecule has 0 aromatic rings. The number of rotatable bonds is 5. The van der Waals surface area contributed by atoms with E-state index in [9.17, 15) is 4.79 Å². The maximum Gasteiger partial charge on any atom is 0.227 e. The first kappa shape index (κ1) is 14.5. The van der Waals surface area contributed by atoms with Crippen molar-refractivity contribution in [1.29, 1.82) is 0 Å². The number of nitrogens with one attached hydrogen (secondary N) is 1. The zero-order chi connectivity index (χ0) is 12.9. The van der Waals surface area contributed by atoms with Crippen LogP contribution < -0.4 is 11.1 Å². The molecule has 17 heavy (non-hydrogen) atoms. The SMILES string of the molecule is CCC(C)(CC)NC(=O)C1(CN)CCCCC1. The van der Waals surface area contributed by atoms with E-state index in [1.807, 2.05) is 0 Å². The van der Waals surface area contributed by atoms with Gasteiger partial charge in [-0.2, -0.15) is 0 Å². The summed E-state index contributed by atoms with van der Waals surface area (Å²) in [7, 11) is 0. The van der Waals surface area contributed by atoms with Gasteiger partial charge in [-0.05, 0) is 32.6 Å². The molecule has 3 heteroatoms. The average molecular weight is 240 g/mol. The van der Waals surface area contributed by atoms with Crippen LogP contribution >= 0.6 is 0 Å². The number of carbonyl (C=O) groups is 1. The largest absolute Gasteiger partial charge is 0.350 e. The van der Waals surface area contributed by atoms with Crippen LogP contribution in [0.25, 0.3) is 0 Å².